The van der Waals surface area contributed by atoms with Gasteiger partial charge in [0.05, 0.1) is 18.4 Å². The highest BCUT2D eigenvalue weighted by molar-refractivity contribution is 5.76. The van der Waals surface area contributed by atoms with Crippen LogP contribution in [0.5, 0.6) is 11.5 Å². The Kier molecular flexibility index (Phi) is 6.73. The summed E-state index contributed by atoms with van der Waals surface area (Å²) in [4.78, 5) is 4.71. The summed E-state index contributed by atoms with van der Waals surface area (Å²) in [5.41, 5.74) is 4.54. The van der Waals surface area contributed by atoms with Crippen LogP contribution in [-0.2, 0) is 4.74 Å². The maximum absolute atomic E-state index is 10.4. The molecular weight excluding hydrogens is 364 g/mol. The molecule has 0 spiro atoms. The average molecular weight is 392 g/mol. The Bertz CT molecular complexity index is 953. The highest BCUT2D eigenvalue weighted by Crippen LogP contribution is 2.33. The maximum Gasteiger partial charge on any atom is 0.127 e. The molecular formula is C24H28N2O3. The van der Waals surface area contributed by atoms with Crippen LogP contribution in [0.3, 0.4) is 0 Å². The molecule has 29 heavy (non-hydrogen) atoms. The largest absolute Gasteiger partial charge is 0.507 e. The van der Waals surface area contributed by atoms with Crippen molar-refractivity contribution in [3.8, 4) is 33.9 Å². The lowest BCUT2D eigenvalue weighted by molar-refractivity contribution is 0.210. The third-order valence-corrected chi connectivity index (χ3v) is 4.43. The predicted octanol–water partition coefficient (Wildman–Crippen LogP) is 5.28. The number of ether oxygens (including phenoxy) is 2. The number of nitrogens with one attached hydrogen (secondary N) is 1. The van der Waals surface area contributed by atoms with Gasteiger partial charge in [-0.25, -0.2) is 4.98 Å². The first kappa shape index (κ1) is 20.7. The molecule has 2 N–H and O–H groups in total. The first-order chi connectivity index (χ1) is 14.0. The fourth-order valence-corrected chi connectivity index (χ4v) is 3.06. The van der Waals surface area contributed by atoms with E-state index < -0.39 is 0 Å². The number of phenolic OH excluding ortho intramolecular Hbond substituents is 1. The number of aromatic hydroxyl groups is 1. The number of hydrogen-bond acceptors (Lipinski definition) is 5. The fraction of sp³-hybridized carbons (Fsp3) is 0.292. The Morgan fingerprint density at radius 2 is 1.76 bits per heavy atom. The summed E-state index contributed by atoms with van der Waals surface area (Å²) in [5, 5.41) is 13.7. The highest BCUT2D eigenvalue weighted by atomic mass is 16.5. The van der Waals surface area contributed by atoms with Crippen molar-refractivity contribution >= 4 is 5.82 Å². The highest BCUT2D eigenvalue weighted by Gasteiger charge is 2.11. The lowest BCUT2D eigenvalue weighted by atomic mass is 10.0. The van der Waals surface area contributed by atoms with Crippen LogP contribution in [-0.4, -0.2) is 36.5 Å². The van der Waals surface area contributed by atoms with Crippen molar-refractivity contribution in [2.24, 2.45) is 0 Å². The maximum atomic E-state index is 10.4. The monoisotopic (exact) mass is 392 g/mol. The molecule has 0 bridgehead atoms. The number of pyridine rings is 1. The number of hydrogen-bond donors (Lipinski definition) is 2. The van der Waals surface area contributed by atoms with Gasteiger partial charge in [0, 0.05) is 19.2 Å². The van der Waals surface area contributed by atoms with Crippen LogP contribution in [0.1, 0.15) is 19.4 Å². The van der Waals surface area contributed by atoms with E-state index in [1.165, 1.54) is 0 Å². The van der Waals surface area contributed by atoms with Gasteiger partial charge >= 0.3 is 0 Å². The molecule has 1 heterocycles. The number of nitrogens with zero attached hydrogens (tertiary/aromatic N) is 1. The number of methoxy groups -OCH3 is 1. The molecule has 0 radical (unpaired) electrons. The van der Waals surface area contributed by atoms with Gasteiger partial charge in [-0.1, -0.05) is 23.8 Å². The van der Waals surface area contributed by atoms with Crippen LogP contribution in [0.15, 0.2) is 54.6 Å². The Morgan fingerprint density at radius 3 is 2.45 bits per heavy atom. The van der Waals surface area contributed by atoms with Crippen molar-refractivity contribution in [2.45, 2.75) is 26.9 Å². The molecule has 0 saturated carbocycles. The summed E-state index contributed by atoms with van der Waals surface area (Å²) < 4.78 is 10.9. The summed E-state index contributed by atoms with van der Waals surface area (Å²) in [6, 6.07) is 17.5. The first-order valence-electron chi connectivity index (χ1n) is 9.78. The number of rotatable bonds is 8. The van der Waals surface area contributed by atoms with Crippen molar-refractivity contribution in [1.29, 1.82) is 0 Å². The number of benzene rings is 2. The minimum atomic E-state index is 0.134. The summed E-state index contributed by atoms with van der Waals surface area (Å²) in [6.07, 6.45) is 0.134. The van der Waals surface area contributed by atoms with Crippen molar-refractivity contribution in [1.82, 2.24) is 4.98 Å². The Hall–Kier alpha value is -3.05. The summed E-state index contributed by atoms with van der Waals surface area (Å²) >= 11 is 0. The molecule has 0 saturated heterocycles. The van der Waals surface area contributed by atoms with Gasteiger partial charge in [0.25, 0.3) is 0 Å². The lowest BCUT2D eigenvalue weighted by Gasteiger charge is -2.13. The third-order valence-electron chi connectivity index (χ3n) is 4.43. The molecule has 3 aromatic rings. The second-order valence-corrected chi connectivity index (χ2v) is 7.26. The van der Waals surface area contributed by atoms with E-state index in [9.17, 15) is 5.11 Å². The van der Waals surface area contributed by atoms with E-state index in [4.69, 9.17) is 14.5 Å². The number of anilines is 1. The number of aromatic nitrogens is 1. The molecule has 0 unspecified atom stereocenters. The first-order valence-corrected chi connectivity index (χ1v) is 9.78. The molecule has 3 rings (SSSR count). The topological polar surface area (TPSA) is 63.6 Å². The van der Waals surface area contributed by atoms with Crippen LogP contribution in [0.2, 0.25) is 0 Å². The van der Waals surface area contributed by atoms with Gasteiger partial charge in [-0.05, 0) is 68.3 Å². The predicted molar refractivity (Wildman–Crippen MR) is 118 cm³/mol. The minimum absolute atomic E-state index is 0.134. The van der Waals surface area contributed by atoms with E-state index >= 15 is 0 Å². The van der Waals surface area contributed by atoms with Gasteiger partial charge in [0.15, 0.2) is 0 Å². The molecule has 0 fully saturated rings. The molecule has 5 nitrogen and oxygen atoms in total. The smallest absolute Gasteiger partial charge is 0.127 e. The molecule has 2 aromatic carbocycles. The Balaban J connectivity index is 2.01. The van der Waals surface area contributed by atoms with Crippen LogP contribution >= 0.6 is 0 Å². The molecule has 1 aromatic heterocycles. The molecule has 0 aliphatic rings. The molecule has 152 valence electrons. The molecule has 0 aliphatic heterocycles. The Labute approximate surface area is 172 Å². The van der Waals surface area contributed by atoms with E-state index in [0.717, 1.165) is 28.3 Å². The third kappa shape index (κ3) is 5.48. The Morgan fingerprint density at radius 1 is 1.00 bits per heavy atom. The number of phenols is 1. The van der Waals surface area contributed by atoms with E-state index in [2.05, 4.69) is 5.32 Å². The quantitative estimate of drug-likeness (QED) is 0.511. The van der Waals surface area contributed by atoms with Crippen molar-refractivity contribution in [3.63, 3.8) is 0 Å². The molecule has 0 amide bonds. The normalized spacial score (nSPS) is 10.9. The van der Waals surface area contributed by atoms with Crippen LogP contribution < -0.4 is 10.1 Å². The average Bonchev–Trinajstić information content (AvgIpc) is 2.70. The minimum Gasteiger partial charge on any atom is -0.507 e. The fourth-order valence-electron chi connectivity index (χ4n) is 3.06. The second-order valence-electron chi connectivity index (χ2n) is 7.26. The van der Waals surface area contributed by atoms with Crippen LogP contribution in [0.4, 0.5) is 5.82 Å². The van der Waals surface area contributed by atoms with Gasteiger partial charge in [0.2, 0.25) is 0 Å². The standard InChI is InChI=1S/C24H28N2O3/c1-16(2)29-20-8-6-18(7-9-20)19-14-22(21-13-17(3)5-10-23(21)27)26-24(15-19)25-11-12-28-4/h5-10,13-16,27H,11-12H2,1-4H3,(H,25,26). The van der Waals surface area contributed by atoms with Crippen LogP contribution in [0, 0.1) is 6.92 Å². The van der Waals surface area contributed by atoms with E-state index in [0.29, 0.717) is 24.4 Å². The van der Waals surface area contributed by atoms with Crippen molar-refractivity contribution < 1.29 is 14.6 Å². The molecule has 0 aliphatic carbocycles. The number of aryl methyl sites for hydroxylation is 1. The SMILES string of the molecule is COCCNc1cc(-c2ccc(OC(C)C)cc2)cc(-c2cc(C)ccc2O)n1. The van der Waals surface area contributed by atoms with Crippen LogP contribution in [0.25, 0.3) is 22.4 Å². The van der Waals surface area contributed by atoms with E-state index in [-0.39, 0.29) is 11.9 Å². The van der Waals surface area contributed by atoms with Crippen molar-refractivity contribution in [3.05, 3.63) is 60.2 Å². The van der Waals surface area contributed by atoms with E-state index in [1.54, 1.807) is 13.2 Å². The van der Waals surface area contributed by atoms with Gasteiger partial charge in [-0.3, -0.25) is 0 Å². The second kappa shape index (κ2) is 9.43. The lowest BCUT2D eigenvalue weighted by Crippen LogP contribution is -2.09. The van der Waals surface area contributed by atoms with Gasteiger partial charge in [-0.15, -0.1) is 0 Å². The van der Waals surface area contributed by atoms with Gasteiger partial charge in [0.1, 0.15) is 17.3 Å². The van der Waals surface area contributed by atoms with Gasteiger partial charge in [-0.2, -0.15) is 0 Å². The summed E-state index contributed by atoms with van der Waals surface area (Å²) in [5.74, 6) is 1.79. The molecule has 5 heteroatoms. The van der Waals surface area contributed by atoms with E-state index in [1.807, 2.05) is 69.3 Å². The van der Waals surface area contributed by atoms with Gasteiger partial charge < -0.3 is 19.9 Å². The summed E-state index contributed by atoms with van der Waals surface area (Å²) in [7, 11) is 1.67. The zero-order valence-corrected chi connectivity index (χ0v) is 17.4. The molecule has 0 atom stereocenters. The summed E-state index contributed by atoms with van der Waals surface area (Å²) in [6.45, 7) is 7.24. The zero-order valence-electron chi connectivity index (χ0n) is 17.4. The zero-order chi connectivity index (χ0) is 20.8. The van der Waals surface area contributed by atoms with Crippen molar-refractivity contribution in [2.75, 3.05) is 25.6 Å².